The Morgan fingerprint density at radius 2 is 1.86 bits per heavy atom. The maximum absolute atomic E-state index is 10.9. The van der Waals surface area contributed by atoms with E-state index in [-0.39, 0.29) is 5.56 Å². The minimum absolute atomic E-state index is 0.258. The molecular formula is C22H20N2O4. The van der Waals surface area contributed by atoms with Crippen molar-refractivity contribution in [1.82, 2.24) is 9.97 Å². The number of benzene rings is 2. The van der Waals surface area contributed by atoms with Gasteiger partial charge in [-0.15, -0.1) is 0 Å². The number of carboxylic acid groups (broad SMARTS) is 1. The lowest BCUT2D eigenvalue weighted by molar-refractivity contribution is 0.0697. The molecule has 4 rings (SSSR count). The van der Waals surface area contributed by atoms with Crippen molar-refractivity contribution < 1.29 is 19.4 Å². The van der Waals surface area contributed by atoms with Crippen LogP contribution in [0.1, 0.15) is 28.8 Å². The highest BCUT2D eigenvalue weighted by atomic mass is 16.5. The number of hydrogen-bond donors (Lipinski definition) is 1. The lowest BCUT2D eigenvalue weighted by Crippen LogP contribution is -2.01. The van der Waals surface area contributed by atoms with E-state index in [9.17, 15) is 4.79 Å². The molecule has 0 bridgehead atoms. The zero-order valence-electron chi connectivity index (χ0n) is 15.2. The summed E-state index contributed by atoms with van der Waals surface area (Å²) < 4.78 is 11.5. The molecule has 6 heteroatoms. The fraction of sp³-hybridized carbons (Fsp3) is 0.227. The first-order valence-corrected chi connectivity index (χ1v) is 9.18. The monoisotopic (exact) mass is 376 g/mol. The Morgan fingerprint density at radius 1 is 1.04 bits per heavy atom. The second-order valence-electron chi connectivity index (χ2n) is 6.81. The Hall–Kier alpha value is -3.41. The van der Waals surface area contributed by atoms with Gasteiger partial charge in [0.2, 0.25) is 5.88 Å². The molecule has 0 aliphatic heterocycles. The van der Waals surface area contributed by atoms with Crippen LogP contribution in [0.4, 0.5) is 0 Å². The molecule has 1 N–H and O–H groups in total. The Bertz CT molecular complexity index is 951. The molecule has 1 saturated carbocycles. The van der Waals surface area contributed by atoms with Gasteiger partial charge < -0.3 is 14.6 Å². The Morgan fingerprint density at radius 3 is 2.54 bits per heavy atom. The maximum atomic E-state index is 10.9. The number of aromatic carboxylic acids is 1. The van der Waals surface area contributed by atoms with Crippen LogP contribution in [-0.2, 0) is 6.61 Å². The summed E-state index contributed by atoms with van der Waals surface area (Å²) in [4.78, 5) is 19.7. The third-order valence-corrected chi connectivity index (χ3v) is 4.53. The fourth-order valence-electron chi connectivity index (χ4n) is 2.68. The first-order valence-electron chi connectivity index (χ1n) is 9.18. The molecule has 0 unspecified atom stereocenters. The second kappa shape index (κ2) is 8.08. The van der Waals surface area contributed by atoms with Gasteiger partial charge in [-0.25, -0.2) is 14.8 Å². The summed E-state index contributed by atoms with van der Waals surface area (Å²) in [6.45, 7) is 1.06. The summed E-state index contributed by atoms with van der Waals surface area (Å²) in [6, 6.07) is 14.3. The molecule has 0 saturated heterocycles. The Labute approximate surface area is 162 Å². The van der Waals surface area contributed by atoms with E-state index >= 15 is 0 Å². The van der Waals surface area contributed by atoms with Crippen LogP contribution in [0.2, 0.25) is 0 Å². The van der Waals surface area contributed by atoms with Crippen LogP contribution >= 0.6 is 0 Å². The van der Waals surface area contributed by atoms with E-state index in [0.717, 1.165) is 16.8 Å². The maximum Gasteiger partial charge on any atom is 0.335 e. The number of carbonyl (C=O) groups is 1. The molecule has 1 heterocycles. The molecule has 0 radical (unpaired) electrons. The number of ether oxygens (including phenoxy) is 2. The van der Waals surface area contributed by atoms with Crippen molar-refractivity contribution in [2.75, 3.05) is 6.61 Å². The summed E-state index contributed by atoms with van der Waals surface area (Å²) in [5, 5.41) is 8.95. The van der Waals surface area contributed by atoms with Crippen LogP contribution in [0, 0.1) is 5.92 Å². The first kappa shape index (κ1) is 18.0. The Balaban J connectivity index is 1.38. The summed E-state index contributed by atoms with van der Waals surface area (Å²) in [7, 11) is 0. The van der Waals surface area contributed by atoms with Crippen LogP contribution in [0.3, 0.4) is 0 Å². The zero-order valence-corrected chi connectivity index (χ0v) is 15.2. The van der Waals surface area contributed by atoms with Crippen molar-refractivity contribution in [1.29, 1.82) is 0 Å². The van der Waals surface area contributed by atoms with Crippen LogP contribution in [-0.4, -0.2) is 27.7 Å². The van der Waals surface area contributed by atoms with Gasteiger partial charge in [0.05, 0.1) is 30.3 Å². The average molecular weight is 376 g/mol. The average Bonchev–Trinajstić information content (AvgIpc) is 3.56. The van der Waals surface area contributed by atoms with Gasteiger partial charge in [0.25, 0.3) is 0 Å². The Kier molecular flexibility index (Phi) is 5.19. The standard InChI is InChI=1S/C22H20N2O4/c25-22(26)17-8-6-16(7-9-17)13-27-19-3-1-2-18(10-19)20-11-24-21(12-23-20)28-14-15-4-5-15/h1-3,6-12,15H,4-5,13-14H2,(H,25,26). The summed E-state index contributed by atoms with van der Waals surface area (Å²) in [5.74, 6) is 0.990. The number of hydrogen-bond acceptors (Lipinski definition) is 5. The molecule has 142 valence electrons. The van der Waals surface area contributed by atoms with Gasteiger partial charge in [-0.2, -0.15) is 0 Å². The van der Waals surface area contributed by atoms with Gasteiger partial charge >= 0.3 is 5.97 Å². The van der Waals surface area contributed by atoms with Crippen LogP contribution in [0.15, 0.2) is 60.9 Å². The molecule has 2 aromatic carbocycles. The third kappa shape index (κ3) is 4.65. The smallest absolute Gasteiger partial charge is 0.335 e. The molecule has 0 spiro atoms. The normalized spacial score (nSPS) is 13.1. The van der Waals surface area contributed by atoms with Gasteiger partial charge in [0, 0.05) is 5.56 Å². The van der Waals surface area contributed by atoms with Crippen molar-refractivity contribution in [2.24, 2.45) is 5.92 Å². The minimum Gasteiger partial charge on any atom is -0.489 e. The predicted octanol–water partition coefficient (Wildman–Crippen LogP) is 4.21. The molecule has 0 amide bonds. The van der Waals surface area contributed by atoms with Crippen molar-refractivity contribution >= 4 is 5.97 Å². The van der Waals surface area contributed by atoms with Crippen molar-refractivity contribution in [2.45, 2.75) is 19.4 Å². The highest BCUT2D eigenvalue weighted by Crippen LogP contribution is 2.29. The van der Waals surface area contributed by atoms with E-state index in [2.05, 4.69) is 9.97 Å². The minimum atomic E-state index is -0.940. The van der Waals surface area contributed by atoms with Gasteiger partial charge in [0.15, 0.2) is 0 Å². The molecule has 1 fully saturated rings. The van der Waals surface area contributed by atoms with Gasteiger partial charge in [-0.3, -0.25) is 0 Å². The third-order valence-electron chi connectivity index (χ3n) is 4.53. The summed E-state index contributed by atoms with van der Waals surface area (Å²) >= 11 is 0. The van der Waals surface area contributed by atoms with Gasteiger partial charge in [-0.05, 0) is 48.6 Å². The molecule has 1 aromatic heterocycles. The van der Waals surface area contributed by atoms with E-state index in [1.54, 1.807) is 36.7 Å². The van der Waals surface area contributed by atoms with E-state index in [1.807, 2.05) is 24.3 Å². The van der Waals surface area contributed by atoms with E-state index in [0.29, 0.717) is 30.8 Å². The van der Waals surface area contributed by atoms with E-state index in [4.69, 9.17) is 14.6 Å². The summed E-state index contributed by atoms with van der Waals surface area (Å²) in [5.41, 5.74) is 2.80. The fourth-order valence-corrected chi connectivity index (χ4v) is 2.68. The molecule has 3 aromatic rings. The van der Waals surface area contributed by atoms with Gasteiger partial charge in [0.1, 0.15) is 12.4 Å². The lowest BCUT2D eigenvalue weighted by atomic mass is 10.1. The molecule has 6 nitrogen and oxygen atoms in total. The molecule has 28 heavy (non-hydrogen) atoms. The lowest BCUT2D eigenvalue weighted by Gasteiger charge is -2.09. The molecule has 0 atom stereocenters. The quantitative estimate of drug-likeness (QED) is 0.634. The van der Waals surface area contributed by atoms with E-state index in [1.165, 1.54) is 12.8 Å². The second-order valence-corrected chi connectivity index (χ2v) is 6.81. The summed E-state index contributed by atoms with van der Waals surface area (Å²) in [6.07, 6.45) is 5.82. The highest BCUT2D eigenvalue weighted by Gasteiger charge is 2.22. The highest BCUT2D eigenvalue weighted by molar-refractivity contribution is 5.87. The topological polar surface area (TPSA) is 81.5 Å². The number of aromatic nitrogens is 2. The van der Waals surface area contributed by atoms with E-state index < -0.39 is 5.97 Å². The predicted molar refractivity (Wildman–Crippen MR) is 103 cm³/mol. The zero-order chi connectivity index (χ0) is 19.3. The molecule has 1 aliphatic carbocycles. The number of carboxylic acids is 1. The van der Waals surface area contributed by atoms with Crippen LogP contribution in [0.5, 0.6) is 11.6 Å². The van der Waals surface area contributed by atoms with Crippen molar-refractivity contribution in [3.05, 3.63) is 72.1 Å². The number of rotatable bonds is 8. The largest absolute Gasteiger partial charge is 0.489 e. The van der Waals surface area contributed by atoms with Crippen LogP contribution < -0.4 is 9.47 Å². The van der Waals surface area contributed by atoms with Crippen molar-refractivity contribution in [3.63, 3.8) is 0 Å². The van der Waals surface area contributed by atoms with Crippen LogP contribution in [0.25, 0.3) is 11.3 Å². The van der Waals surface area contributed by atoms with Crippen molar-refractivity contribution in [3.8, 4) is 22.9 Å². The SMILES string of the molecule is O=C(O)c1ccc(COc2cccc(-c3cnc(OCC4CC4)cn3)c2)cc1. The van der Waals surface area contributed by atoms with Gasteiger partial charge in [-0.1, -0.05) is 24.3 Å². The first-order chi connectivity index (χ1) is 13.7. The number of nitrogens with zero attached hydrogens (tertiary/aromatic N) is 2. The molecule has 1 aliphatic rings. The molecular weight excluding hydrogens is 356 g/mol.